The molecule has 1 aliphatic rings. The zero-order chi connectivity index (χ0) is 17.1. The van der Waals surface area contributed by atoms with E-state index in [0.717, 1.165) is 24.0 Å². The minimum absolute atomic E-state index is 0.124. The molecule has 2 aromatic carbocycles. The topological polar surface area (TPSA) is 66.4 Å². The van der Waals surface area contributed by atoms with Gasteiger partial charge >= 0.3 is 5.97 Å². The van der Waals surface area contributed by atoms with Crippen LogP contribution in [0.3, 0.4) is 0 Å². The molecule has 0 saturated heterocycles. The standard InChI is InChI=1S/C19H18ClNO3/c20-14-8-5-13(6-9-14)17(11-18(22)23)21-19(24)16-10-7-12-3-1-2-4-15(12)16/h1-6,8-9,16-17H,7,10-11H2,(H,21,24)(H,22,23)/t16?,17-/m0/s1. The minimum Gasteiger partial charge on any atom is -0.481 e. The molecule has 2 atom stereocenters. The third-order valence-corrected chi connectivity index (χ3v) is 4.67. The molecule has 24 heavy (non-hydrogen) atoms. The Morgan fingerprint density at radius 1 is 1.17 bits per heavy atom. The fourth-order valence-corrected chi connectivity index (χ4v) is 3.35. The molecule has 1 unspecified atom stereocenters. The quantitative estimate of drug-likeness (QED) is 0.869. The van der Waals surface area contributed by atoms with Crippen molar-refractivity contribution in [1.29, 1.82) is 0 Å². The van der Waals surface area contributed by atoms with Gasteiger partial charge in [-0.25, -0.2) is 0 Å². The lowest BCUT2D eigenvalue weighted by molar-refractivity contribution is -0.137. The van der Waals surface area contributed by atoms with Crippen LogP contribution >= 0.6 is 11.6 Å². The van der Waals surface area contributed by atoms with Gasteiger partial charge in [-0.15, -0.1) is 0 Å². The molecule has 0 radical (unpaired) electrons. The molecule has 0 heterocycles. The number of hydrogen-bond acceptors (Lipinski definition) is 2. The van der Waals surface area contributed by atoms with Crippen LogP contribution in [0, 0.1) is 0 Å². The van der Waals surface area contributed by atoms with Gasteiger partial charge in [-0.1, -0.05) is 48.0 Å². The Kier molecular flexibility index (Phi) is 4.86. The van der Waals surface area contributed by atoms with E-state index in [2.05, 4.69) is 5.32 Å². The number of carboxylic acids is 1. The van der Waals surface area contributed by atoms with Crippen LogP contribution in [0.25, 0.3) is 0 Å². The SMILES string of the molecule is O=C(O)C[C@H](NC(=O)C1CCc2ccccc21)c1ccc(Cl)cc1. The molecule has 3 rings (SSSR count). The molecule has 1 aliphatic carbocycles. The number of aliphatic carboxylic acids is 1. The van der Waals surface area contributed by atoms with E-state index in [0.29, 0.717) is 5.02 Å². The van der Waals surface area contributed by atoms with Crippen LogP contribution in [0.1, 0.15) is 41.5 Å². The van der Waals surface area contributed by atoms with Crippen LogP contribution in [-0.4, -0.2) is 17.0 Å². The molecule has 0 fully saturated rings. The molecule has 5 heteroatoms. The van der Waals surface area contributed by atoms with E-state index in [4.69, 9.17) is 16.7 Å². The van der Waals surface area contributed by atoms with Gasteiger partial charge in [-0.3, -0.25) is 9.59 Å². The van der Waals surface area contributed by atoms with Gasteiger partial charge in [0.15, 0.2) is 0 Å². The fraction of sp³-hybridized carbons (Fsp3) is 0.263. The van der Waals surface area contributed by atoms with Gasteiger partial charge in [0.25, 0.3) is 0 Å². The average Bonchev–Trinajstić information content (AvgIpc) is 2.98. The summed E-state index contributed by atoms with van der Waals surface area (Å²) >= 11 is 5.88. The van der Waals surface area contributed by atoms with E-state index in [1.54, 1.807) is 24.3 Å². The van der Waals surface area contributed by atoms with Gasteiger partial charge < -0.3 is 10.4 Å². The zero-order valence-electron chi connectivity index (χ0n) is 13.0. The normalized spacial score (nSPS) is 17.1. The minimum atomic E-state index is -0.956. The third-order valence-electron chi connectivity index (χ3n) is 4.42. The van der Waals surface area contributed by atoms with Crippen molar-refractivity contribution in [3.8, 4) is 0 Å². The van der Waals surface area contributed by atoms with Crippen LogP contribution in [0.4, 0.5) is 0 Å². The first kappa shape index (κ1) is 16.5. The molecule has 1 amide bonds. The fourth-order valence-electron chi connectivity index (χ4n) is 3.22. The molecule has 0 saturated carbocycles. The van der Waals surface area contributed by atoms with Crippen molar-refractivity contribution in [3.05, 3.63) is 70.2 Å². The average molecular weight is 344 g/mol. The van der Waals surface area contributed by atoms with E-state index < -0.39 is 12.0 Å². The predicted molar refractivity (Wildman–Crippen MR) is 92.1 cm³/mol. The van der Waals surface area contributed by atoms with E-state index in [1.165, 1.54) is 5.56 Å². The Balaban J connectivity index is 1.79. The van der Waals surface area contributed by atoms with Crippen LogP contribution in [0.2, 0.25) is 5.02 Å². The van der Waals surface area contributed by atoms with Crippen LogP contribution < -0.4 is 5.32 Å². The van der Waals surface area contributed by atoms with E-state index >= 15 is 0 Å². The summed E-state index contributed by atoms with van der Waals surface area (Å²) < 4.78 is 0. The Bertz CT molecular complexity index is 757. The van der Waals surface area contributed by atoms with Gasteiger partial charge in [0.1, 0.15) is 0 Å². The van der Waals surface area contributed by atoms with Crippen LogP contribution in [0.5, 0.6) is 0 Å². The van der Waals surface area contributed by atoms with Crippen LogP contribution in [-0.2, 0) is 16.0 Å². The van der Waals surface area contributed by atoms with Crippen molar-refractivity contribution in [3.63, 3.8) is 0 Å². The molecule has 0 spiro atoms. The number of carbonyl (C=O) groups is 2. The Labute approximate surface area is 145 Å². The highest BCUT2D eigenvalue weighted by Crippen LogP contribution is 2.33. The van der Waals surface area contributed by atoms with E-state index in [9.17, 15) is 9.59 Å². The third kappa shape index (κ3) is 3.60. The first-order valence-electron chi connectivity index (χ1n) is 7.90. The number of rotatable bonds is 5. The van der Waals surface area contributed by atoms with Crippen molar-refractivity contribution in [2.24, 2.45) is 0 Å². The number of aryl methyl sites for hydroxylation is 1. The monoisotopic (exact) mass is 343 g/mol. The molecule has 0 bridgehead atoms. The molecular formula is C19H18ClNO3. The lowest BCUT2D eigenvalue weighted by Crippen LogP contribution is -2.33. The summed E-state index contributed by atoms with van der Waals surface area (Å²) in [6.45, 7) is 0. The number of benzene rings is 2. The van der Waals surface area contributed by atoms with Crippen molar-refractivity contribution < 1.29 is 14.7 Å². The molecule has 2 aromatic rings. The molecule has 0 aromatic heterocycles. The van der Waals surface area contributed by atoms with Crippen molar-refractivity contribution >= 4 is 23.5 Å². The second-order valence-corrected chi connectivity index (χ2v) is 6.44. The maximum absolute atomic E-state index is 12.7. The zero-order valence-corrected chi connectivity index (χ0v) is 13.8. The number of fused-ring (bicyclic) bond motifs is 1. The highest BCUT2D eigenvalue weighted by atomic mass is 35.5. The summed E-state index contributed by atoms with van der Waals surface area (Å²) in [7, 11) is 0. The maximum Gasteiger partial charge on any atom is 0.305 e. The number of carbonyl (C=O) groups excluding carboxylic acids is 1. The first-order chi connectivity index (χ1) is 11.5. The van der Waals surface area contributed by atoms with Gasteiger partial charge in [0, 0.05) is 5.02 Å². The lowest BCUT2D eigenvalue weighted by Gasteiger charge is -2.20. The lowest BCUT2D eigenvalue weighted by atomic mass is 9.98. The number of halogens is 1. The number of carboxylic acid groups (broad SMARTS) is 1. The molecule has 4 nitrogen and oxygen atoms in total. The summed E-state index contributed by atoms with van der Waals surface area (Å²) in [5, 5.41) is 12.6. The molecule has 2 N–H and O–H groups in total. The smallest absolute Gasteiger partial charge is 0.305 e. The highest BCUT2D eigenvalue weighted by molar-refractivity contribution is 6.30. The first-order valence-corrected chi connectivity index (χ1v) is 8.28. The van der Waals surface area contributed by atoms with Gasteiger partial charge in [-0.2, -0.15) is 0 Å². The number of amides is 1. The highest BCUT2D eigenvalue weighted by Gasteiger charge is 2.30. The Morgan fingerprint density at radius 2 is 1.88 bits per heavy atom. The molecule has 124 valence electrons. The van der Waals surface area contributed by atoms with Crippen LogP contribution in [0.15, 0.2) is 48.5 Å². The van der Waals surface area contributed by atoms with Gasteiger partial charge in [0.2, 0.25) is 5.91 Å². The van der Waals surface area contributed by atoms with Gasteiger partial charge in [-0.05, 0) is 41.7 Å². The van der Waals surface area contributed by atoms with Crippen molar-refractivity contribution in [1.82, 2.24) is 5.32 Å². The number of nitrogens with one attached hydrogen (secondary N) is 1. The summed E-state index contributed by atoms with van der Waals surface area (Å²) in [4.78, 5) is 23.9. The Morgan fingerprint density at radius 3 is 2.58 bits per heavy atom. The maximum atomic E-state index is 12.7. The van der Waals surface area contributed by atoms with Crippen molar-refractivity contribution in [2.75, 3.05) is 0 Å². The molecular weight excluding hydrogens is 326 g/mol. The molecule has 0 aliphatic heterocycles. The summed E-state index contributed by atoms with van der Waals surface area (Å²) in [5.74, 6) is -1.30. The van der Waals surface area contributed by atoms with E-state index in [-0.39, 0.29) is 18.2 Å². The number of hydrogen-bond donors (Lipinski definition) is 2. The predicted octanol–water partition coefficient (Wildman–Crippen LogP) is 3.70. The second kappa shape index (κ2) is 7.05. The van der Waals surface area contributed by atoms with Crippen molar-refractivity contribution in [2.45, 2.75) is 31.2 Å². The summed E-state index contributed by atoms with van der Waals surface area (Å²) in [6.07, 6.45) is 1.46. The second-order valence-electron chi connectivity index (χ2n) is 6.00. The summed E-state index contributed by atoms with van der Waals surface area (Å²) in [5.41, 5.74) is 2.97. The van der Waals surface area contributed by atoms with Gasteiger partial charge in [0.05, 0.1) is 18.4 Å². The summed E-state index contributed by atoms with van der Waals surface area (Å²) in [6, 6.07) is 14.2. The van der Waals surface area contributed by atoms with E-state index in [1.807, 2.05) is 24.3 Å². The Hall–Kier alpha value is -2.33. The largest absolute Gasteiger partial charge is 0.481 e.